The van der Waals surface area contributed by atoms with Crippen molar-refractivity contribution < 1.29 is 19.5 Å². The zero-order chi connectivity index (χ0) is 17.2. The van der Waals surface area contributed by atoms with E-state index >= 15 is 0 Å². The van der Waals surface area contributed by atoms with Crippen molar-refractivity contribution in [2.75, 3.05) is 0 Å². The molecule has 0 aliphatic rings. The summed E-state index contributed by atoms with van der Waals surface area (Å²) >= 11 is 0. The first-order valence-corrected chi connectivity index (χ1v) is 7.80. The average Bonchev–Trinajstić information content (AvgIpc) is 2.53. The molecule has 1 aromatic carbocycles. The van der Waals surface area contributed by atoms with Gasteiger partial charge in [-0.25, -0.2) is 0 Å². The van der Waals surface area contributed by atoms with Gasteiger partial charge < -0.3 is 9.90 Å². The van der Waals surface area contributed by atoms with Crippen molar-refractivity contribution in [2.24, 2.45) is 11.8 Å². The number of carbonyl (C=O) groups excluding carboxylic acids is 3. The third-order valence-electron chi connectivity index (χ3n) is 3.72. The Kier molecular flexibility index (Phi) is 7.80. The molecule has 23 heavy (non-hydrogen) atoms. The molecule has 6 nitrogen and oxygen atoms in total. The third kappa shape index (κ3) is 6.50. The number of carboxylic acid groups (broad SMARTS) is 1. The number of amides is 2. The normalized spacial score (nSPS) is 13.0. The van der Waals surface area contributed by atoms with E-state index in [1.54, 1.807) is 37.3 Å². The highest BCUT2D eigenvalue weighted by Crippen LogP contribution is 2.21. The Morgan fingerprint density at radius 3 is 2.35 bits per heavy atom. The van der Waals surface area contributed by atoms with Gasteiger partial charge in [0.25, 0.3) is 5.91 Å². The van der Waals surface area contributed by atoms with Gasteiger partial charge in [0.05, 0.1) is 0 Å². The SMILES string of the molecule is CCCC[C@H](C(=O)[O-])[C@@H](C)CC(=O)NNC(=O)c1ccccc1. The molecule has 2 N–H and O–H groups in total. The van der Waals surface area contributed by atoms with Crippen LogP contribution in [0.25, 0.3) is 0 Å². The second kappa shape index (κ2) is 9.61. The Labute approximate surface area is 136 Å². The maximum atomic E-state index is 11.9. The molecule has 2 amide bonds. The molecule has 0 spiro atoms. The Morgan fingerprint density at radius 2 is 1.78 bits per heavy atom. The Bertz CT molecular complexity index is 531. The molecule has 0 aliphatic heterocycles. The minimum Gasteiger partial charge on any atom is -0.550 e. The van der Waals surface area contributed by atoms with Crippen LogP contribution in [0.1, 0.15) is 49.9 Å². The first-order chi connectivity index (χ1) is 11.0. The molecule has 1 rings (SSSR count). The van der Waals surface area contributed by atoms with E-state index in [0.717, 1.165) is 12.8 Å². The molecule has 1 aromatic rings. The molecule has 0 unspecified atom stereocenters. The van der Waals surface area contributed by atoms with Gasteiger partial charge in [-0.3, -0.25) is 20.4 Å². The van der Waals surface area contributed by atoms with Crippen molar-refractivity contribution in [2.45, 2.75) is 39.5 Å². The molecule has 0 bridgehead atoms. The number of carboxylic acids is 1. The van der Waals surface area contributed by atoms with Crippen LogP contribution in [-0.2, 0) is 9.59 Å². The molecule has 0 saturated carbocycles. The molecule has 0 fully saturated rings. The molecule has 0 aromatic heterocycles. The van der Waals surface area contributed by atoms with Crippen LogP contribution in [0.3, 0.4) is 0 Å². The highest BCUT2D eigenvalue weighted by Gasteiger charge is 2.21. The lowest BCUT2D eigenvalue weighted by molar-refractivity contribution is -0.313. The Morgan fingerprint density at radius 1 is 1.13 bits per heavy atom. The maximum absolute atomic E-state index is 11.9. The summed E-state index contributed by atoms with van der Waals surface area (Å²) in [5, 5.41) is 11.2. The summed E-state index contributed by atoms with van der Waals surface area (Å²) in [7, 11) is 0. The lowest BCUT2D eigenvalue weighted by Crippen LogP contribution is -2.43. The number of rotatable bonds is 8. The molecule has 2 atom stereocenters. The van der Waals surface area contributed by atoms with E-state index in [0.29, 0.717) is 12.0 Å². The van der Waals surface area contributed by atoms with E-state index < -0.39 is 23.7 Å². The highest BCUT2D eigenvalue weighted by atomic mass is 16.4. The molecule has 6 heteroatoms. The molecule has 0 saturated heterocycles. The van der Waals surface area contributed by atoms with Crippen molar-refractivity contribution in [3.05, 3.63) is 35.9 Å². The second-order valence-electron chi connectivity index (χ2n) is 5.62. The zero-order valence-electron chi connectivity index (χ0n) is 13.5. The number of aliphatic carboxylic acids is 1. The van der Waals surface area contributed by atoms with Crippen molar-refractivity contribution >= 4 is 17.8 Å². The number of nitrogens with one attached hydrogen (secondary N) is 2. The van der Waals surface area contributed by atoms with Crippen molar-refractivity contribution in [1.82, 2.24) is 10.9 Å². The van der Waals surface area contributed by atoms with Crippen LogP contribution in [0, 0.1) is 11.8 Å². The van der Waals surface area contributed by atoms with Crippen LogP contribution in [0.5, 0.6) is 0 Å². The van der Waals surface area contributed by atoms with E-state index in [2.05, 4.69) is 10.9 Å². The fourth-order valence-electron chi connectivity index (χ4n) is 2.33. The maximum Gasteiger partial charge on any atom is 0.269 e. The van der Waals surface area contributed by atoms with Crippen molar-refractivity contribution in [1.29, 1.82) is 0 Å². The van der Waals surface area contributed by atoms with E-state index in [1.807, 2.05) is 6.92 Å². The highest BCUT2D eigenvalue weighted by molar-refractivity contribution is 5.95. The predicted molar refractivity (Wildman–Crippen MR) is 83.9 cm³/mol. The van der Waals surface area contributed by atoms with Crippen molar-refractivity contribution in [3.8, 4) is 0 Å². The van der Waals surface area contributed by atoms with Gasteiger partial charge in [0.1, 0.15) is 0 Å². The van der Waals surface area contributed by atoms with E-state index in [-0.39, 0.29) is 12.3 Å². The van der Waals surface area contributed by atoms with Crippen LogP contribution in [0.2, 0.25) is 0 Å². The standard InChI is InChI=1S/C17H24N2O4/c1-3-4-10-14(17(22)23)12(2)11-15(20)18-19-16(21)13-8-6-5-7-9-13/h5-9,12,14H,3-4,10-11H2,1-2H3,(H,18,20)(H,19,21)(H,22,23)/p-1/t12-,14-/m0/s1. The van der Waals surface area contributed by atoms with Gasteiger partial charge in [0.2, 0.25) is 5.91 Å². The molecule has 0 aliphatic carbocycles. The fourth-order valence-corrected chi connectivity index (χ4v) is 2.33. The number of hydrogen-bond donors (Lipinski definition) is 2. The predicted octanol–water partition coefficient (Wildman–Crippen LogP) is 1.03. The molecular formula is C17H23N2O4-. The Balaban J connectivity index is 2.45. The summed E-state index contributed by atoms with van der Waals surface area (Å²) in [6.07, 6.45) is 2.16. The van der Waals surface area contributed by atoms with E-state index in [9.17, 15) is 19.5 Å². The molecular weight excluding hydrogens is 296 g/mol. The van der Waals surface area contributed by atoms with Gasteiger partial charge >= 0.3 is 0 Å². The second-order valence-corrected chi connectivity index (χ2v) is 5.62. The summed E-state index contributed by atoms with van der Waals surface area (Å²) in [6.45, 7) is 3.68. The van der Waals surface area contributed by atoms with Gasteiger partial charge in [-0.15, -0.1) is 0 Å². The summed E-state index contributed by atoms with van der Waals surface area (Å²) in [5.74, 6) is -3.00. The largest absolute Gasteiger partial charge is 0.550 e. The third-order valence-corrected chi connectivity index (χ3v) is 3.72. The first-order valence-electron chi connectivity index (χ1n) is 7.80. The number of hydrogen-bond acceptors (Lipinski definition) is 4. The minimum absolute atomic E-state index is 0.0113. The number of carbonyl (C=O) groups is 3. The number of unbranched alkanes of at least 4 members (excludes halogenated alkanes) is 1. The van der Waals surface area contributed by atoms with Crippen LogP contribution in [-0.4, -0.2) is 17.8 Å². The first kappa shape index (κ1) is 18.7. The van der Waals surface area contributed by atoms with Gasteiger partial charge in [-0.05, 0) is 24.5 Å². The van der Waals surface area contributed by atoms with E-state index in [1.165, 1.54) is 0 Å². The molecule has 126 valence electrons. The monoisotopic (exact) mass is 319 g/mol. The van der Waals surface area contributed by atoms with Gasteiger partial charge in [-0.2, -0.15) is 0 Å². The van der Waals surface area contributed by atoms with E-state index in [4.69, 9.17) is 0 Å². The topological polar surface area (TPSA) is 98.3 Å². The number of hydrazine groups is 1. The quantitative estimate of drug-likeness (QED) is 0.699. The van der Waals surface area contributed by atoms with Crippen molar-refractivity contribution in [3.63, 3.8) is 0 Å². The van der Waals surface area contributed by atoms with Crippen LogP contribution in [0.15, 0.2) is 30.3 Å². The fraction of sp³-hybridized carbons (Fsp3) is 0.471. The summed E-state index contributed by atoms with van der Waals surface area (Å²) in [4.78, 5) is 34.8. The summed E-state index contributed by atoms with van der Waals surface area (Å²) in [6, 6.07) is 8.48. The lowest BCUT2D eigenvalue weighted by Gasteiger charge is -2.24. The summed E-state index contributed by atoms with van der Waals surface area (Å²) in [5.41, 5.74) is 5.05. The summed E-state index contributed by atoms with van der Waals surface area (Å²) < 4.78 is 0. The Hall–Kier alpha value is -2.37. The van der Waals surface area contributed by atoms with Gasteiger partial charge in [0.15, 0.2) is 0 Å². The van der Waals surface area contributed by atoms with Crippen LogP contribution >= 0.6 is 0 Å². The van der Waals surface area contributed by atoms with Gasteiger partial charge in [-0.1, -0.05) is 44.9 Å². The van der Waals surface area contributed by atoms with Crippen LogP contribution < -0.4 is 16.0 Å². The lowest BCUT2D eigenvalue weighted by atomic mass is 9.87. The van der Waals surface area contributed by atoms with Crippen LogP contribution in [0.4, 0.5) is 0 Å². The molecule has 0 heterocycles. The molecule has 0 radical (unpaired) electrons. The number of benzene rings is 1. The smallest absolute Gasteiger partial charge is 0.269 e. The average molecular weight is 319 g/mol. The zero-order valence-corrected chi connectivity index (χ0v) is 13.5. The van der Waals surface area contributed by atoms with Gasteiger partial charge in [0, 0.05) is 23.9 Å². The minimum atomic E-state index is -1.13.